The molecule has 1 aliphatic rings. The average molecular weight is 340 g/mol. The molecule has 0 aliphatic heterocycles. The number of rotatable bonds is 6. The number of carbonyl (C=O) groups is 2. The summed E-state index contributed by atoms with van der Waals surface area (Å²) in [5, 5.41) is 9.24. The van der Waals surface area contributed by atoms with Gasteiger partial charge in [0.2, 0.25) is 0 Å². The molecule has 1 saturated carbocycles. The van der Waals surface area contributed by atoms with Crippen molar-refractivity contribution in [3.05, 3.63) is 35.7 Å². The summed E-state index contributed by atoms with van der Waals surface area (Å²) in [6.07, 6.45) is 9.97. The van der Waals surface area contributed by atoms with Gasteiger partial charge in [-0.15, -0.1) is 6.42 Å². The van der Waals surface area contributed by atoms with E-state index in [2.05, 4.69) is 16.7 Å². The van der Waals surface area contributed by atoms with Gasteiger partial charge in [0.05, 0.1) is 19.6 Å². The van der Waals surface area contributed by atoms with Crippen LogP contribution in [0.25, 0.3) is 0 Å². The molecule has 1 aromatic heterocycles. The van der Waals surface area contributed by atoms with E-state index in [-0.39, 0.29) is 36.4 Å². The molecule has 0 saturated heterocycles. The maximum Gasteiger partial charge on any atom is 0.330 e. The number of nitrogens with zero attached hydrogens (tertiary/aromatic N) is 2. The predicted molar refractivity (Wildman–Crippen MR) is 89.7 cm³/mol. The Morgan fingerprint density at radius 2 is 2.20 bits per heavy atom. The summed E-state index contributed by atoms with van der Waals surface area (Å²) in [4.78, 5) is 23.6. The Balaban J connectivity index is 2.00. The van der Waals surface area contributed by atoms with Gasteiger partial charge in [-0.05, 0) is 17.4 Å². The number of aromatic nitrogens is 1. The Labute approximate surface area is 147 Å². The molecule has 2 rings (SSSR count). The van der Waals surface area contributed by atoms with Crippen molar-refractivity contribution in [3.8, 4) is 18.4 Å². The molecule has 25 heavy (non-hydrogen) atoms. The third kappa shape index (κ3) is 3.75. The second-order valence-corrected chi connectivity index (χ2v) is 6.45. The Hall–Kier alpha value is -2.99. The highest BCUT2D eigenvalue weighted by Gasteiger charge is 2.61. The van der Waals surface area contributed by atoms with Gasteiger partial charge in [0.15, 0.2) is 0 Å². The number of ether oxygens (including phenoxy) is 2. The molecule has 0 N–H and O–H groups in total. The molecule has 0 aromatic carbocycles. The molecule has 0 radical (unpaired) electrons. The first-order valence-electron chi connectivity index (χ1n) is 7.81. The van der Waals surface area contributed by atoms with Crippen molar-refractivity contribution in [1.29, 1.82) is 5.26 Å². The average Bonchev–Trinajstić information content (AvgIpc) is 2.93. The van der Waals surface area contributed by atoms with Crippen molar-refractivity contribution in [3.63, 3.8) is 0 Å². The van der Waals surface area contributed by atoms with Gasteiger partial charge in [0.1, 0.15) is 18.4 Å². The normalized spacial score (nSPS) is 20.5. The Morgan fingerprint density at radius 3 is 2.80 bits per heavy atom. The molecule has 1 heterocycles. The summed E-state index contributed by atoms with van der Waals surface area (Å²) in [5.74, 6) is 1.25. The first kappa shape index (κ1) is 18.4. The zero-order chi connectivity index (χ0) is 18.6. The molecule has 0 bridgehead atoms. The summed E-state index contributed by atoms with van der Waals surface area (Å²) in [6.45, 7) is 4.18. The Bertz CT molecular complexity index is 789. The van der Waals surface area contributed by atoms with Crippen molar-refractivity contribution < 1.29 is 19.1 Å². The highest BCUT2D eigenvalue weighted by molar-refractivity contribution is 5.83. The summed E-state index contributed by atoms with van der Waals surface area (Å²) in [5.41, 5.74) is 0.726. The lowest BCUT2D eigenvalue weighted by atomic mass is 10.1. The lowest BCUT2D eigenvalue weighted by Crippen LogP contribution is -2.11. The van der Waals surface area contributed by atoms with Gasteiger partial charge in [-0.3, -0.25) is 4.79 Å². The first-order valence-corrected chi connectivity index (χ1v) is 7.81. The number of allylic oxidation sites excluding steroid dienone is 1. The van der Waals surface area contributed by atoms with Crippen LogP contribution in [0.4, 0.5) is 0 Å². The van der Waals surface area contributed by atoms with Gasteiger partial charge in [0, 0.05) is 17.8 Å². The fraction of sp³-hybridized carbons (Fsp3) is 0.421. The number of hydrogen-bond donors (Lipinski definition) is 0. The predicted octanol–water partition coefficient (Wildman–Crippen LogP) is 2.04. The van der Waals surface area contributed by atoms with Gasteiger partial charge in [-0.25, -0.2) is 4.79 Å². The smallest absolute Gasteiger partial charge is 0.330 e. The van der Waals surface area contributed by atoms with E-state index >= 15 is 0 Å². The van der Waals surface area contributed by atoms with Crippen molar-refractivity contribution in [1.82, 2.24) is 4.57 Å². The lowest BCUT2D eigenvalue weighted by molar-refractivity contribution is -0.147. The van der Waals surface area contributed by atoms with Crippen molar-refractivity contribution in [2.45, 2.75) is 27.0 Å². The van der Waals surface area contributed by atoms with E-state index in [0.29, 0.717) is 11.3 Å². The Morgan fingerprint density at radius 1 is 1.48 bits per heavy atom. The number of esters is 2. The molecule has 0 amide bonds. The van der Waals surface area contributed by atoms with Gasteiger partial charge < -0.3 is 14.0 Å². The minimum Gasteiger partial charge on any atom is -0.466 e. The number of carbonyl (C=O) groups excluding carboxylic acids is 2. The van der Waals surface area contributed by atoms with E-state index in [1.165, 1.54) is 13.2 Å². The number of terminal acetylenes is 1. The molecule has 0 spiro atoms. The molecule has 1 fully saturated rings. The van der Waals surface area contributed by atoms with Crippen LogP contribution < -0.4 is 0 Å². The first-order chi connectivity index (χ1) is 11.9. The molecule has 2 atom stereocenters. The second kappa shape index (κ2) is 7.27. The molecule has 1 aromatic rings. The largest absolute Gasteiger partial charge is 0.466 e. The number of hydrogen-bond acceptors (Lipinski definition) is 5. The van der Waals surface area contributed by atoms with E-state index < -0.39 is 5.97 Å². The Kier molecular flexibility index (Phi) is 5.34. The highest BCUT2D eigenvalue weighted by atomic mass is 16.5. The lowest BCUT2D eigenvalue weighted by Gasteiger charge is -2.06. The van der Waals surface area contributed by atoms with Gasteiger partial charge >= 0.3 is 11.9 Å². The van der Waals surface area contributed by atoms with E-state index in [4.69, 9.17) is 11.2 Å². The van der Waals surface area contributed by atoms with Crippen LogP contribution in [0.3, 0.4) is 0 Å². The van der Waals surface area contributed by atoms with Crippen LogP contribution in [0.15, 0.2) is 24.4 Å². The van der Waals surface area contributed by atoms with Crippen LogP contribution >= 0.6 is 0 Å². The third-order valence-corrected chi connectivity index (χ3v) is 4.59. The quantitative estimate of drug-likeness (QED) is 0.450. The van der Waals surface area contributed by atoms with E-state index in [1.54, 1.807) is 22.9 Å². The fourth-order valence-electron chi connectivity index (χ4n) is 2.98. The number of nitriles is 1. The van der Waals surface area contributed by atoms with Crippen molar-refractivity contribution in [2.24, 2.45) is 17.3 Å². The van der Waals surface area contributed by atoms with Crippen LogP contribution in [0.5, 0.6) is 0 Å². The summed E-state index contributed by atoms with van der Waals surface area (Å²) < 4.78 is 11.6. The molecular formula is C19H20N2O4. The SMILES string of the molecule is C#CCn1ccc(COC(=O)[C@H]2[C@@H](C=CC(=O)OC)C2(C)C)c1C#N. The molecule has 6 heteroatoms. The third-order valence-electron chi connectivity index (χ3n) is 4.59. The van der Waals surface area contributed by atoms with Gasteiger partial charge in [-0.2, -0.15) is 5.26 Å². The van der Waals surface area contributed by atoms with E-state index in [9.17, 15) is 14.9 Å². The topological polar surface area (TPSA) is 81.3 Å². The minimum atomic E-state index is -0.455. The maximum absolute atomic E-state index is 12.4. The minimum absolute atomic E-state index is 0.0132. The molecule has 6 nitrogen and oxygen atoms in total. The zero-order valence-electron chi connectivity index (χ0n) is 14.5. The van der Waals surface area contributed by atoms with Crippen LogP contribution in [0.1, 0.15) is 25.1 Å². The number of methoxy groups -OCH3 is 1. The zero-order valence-corrected chi connectivity index (χ0v) is 14.5. The van der Waals surface area contributed by atoms with Crippen LogP contribution in [-0.2, 0) is 32.2 Å². The van der Waals surface area contributed by atoms with Gasteiger partial charge in [0.25, 0.3) is 0 Å². The van der Waals surface area contributed by atoms with Crippen molar-refractivity contribution in [2.75, 3.05) is 7.11 Å². The molecule has 0 unspecified atom stereocenters. The van der Waals surface area contributed by atoms with E-state index in [1.807, 2.05) is 13.8 Å². The molecular weight excluding hydrogens is 320 g/mol. The molecule has 130 valence electrons. The molecule has 1 aliphatic carbocycles. The van der Waals surface area contributed by atoms with E-state index in [0.717, 1.165) is 0 Å². The van der Waals surface area contributed by atoms with Crippen molar-refractivity contribution >= 4 is 11.9 Å². The summed E-state index contributed by atoms with van der Waals surface area (Å²) in [6, 6.07) is 3.79. The van der Waals surface area contributed by atoms with Gasteiger partial charge in [-0.1, -0.05) is 25.8 Å². The second-order valence-electron chi connectivity index (χ2n) is 6.45. The summed E-state index contributed by atoms with van der Waals surface area (Å²) >= 11 is 0. The maximum atomic E-state index is 12.4. The van der Waals surface area contributed by atoms with Crippen LogP contribution in [0.2, 0.25) is 0 Å². The van der Waals surface area contributed by atoms with Crippen LogP contribution in [-0.4, -0.2) is 23.6 Å². The fourth-order valence-corrected chi connectivity index (χ4v) is 2.98. The monoisotopic (exact) mass is 340 g/mol. The summed E-state index contributed by atoms with van der Waals surface area (Å²) in [7, 11) is 1.30. The highest BCUT2D eigenvalue weighted by Crippen LogP contribution is 2.59. The standard InChI is InChI=1S/C19H20N2O4/c1-5-9-21-10-8-13(15(21)11-20)12-25-18(23)17-14(19(17,2)3)6-7-16(22)24-4/h1,6-8,10,14,17H,9,12H2,2-4H3/t14-,17-/m1/s1. The van der Waals surface area contributed by atoms with Crippen LogP contribution in [0, 0.1) is 40.9 Å².